The van der Waals surface area contributed by atoms with Crippen LogP contribution in [-0.2, 0) is 28.2 Å². The van der Waals surface area contributed by atoms with Crippen LogP contribution < -0.4 is 5.43 Å². The summed E-state index contributed by atoms with van der Waals surface area (Å²) in [6, 6.07) is -0.237. The molecule has 3 unspecified atom stereocenters. The van der Waals surface area contributed by atoms with Gasteiger partial charge in [-0.25, -0.2) is 5.01 Å². The van der Waals surface area contributed by atoms with Crippen molar-refractivity contribution < 1.29 is 28.2 Å². The van der Waals surface area contributed by atoms with Gasteiger partial charge in [0.15, 0.2) is 0 Å². The van der Waals surface area contributed by atoms with E-state index in [0.717, 1.165) is 30.3 Å². The minimum Gasteiger partial charge on any atom is -0.403 e. The molecule has 1 N–H and O–H groups in total. The molecule has 0 radical (unpaired) electrons. The molecule has 8 nitrogen and oxygen atoms in total. The fourth-order valence-corrected chi connectivity index (χ4v) is 6.68. The highest BCUT2D eigenvalue weighted by Gasteiger charge is 2.55. The largest absolute Gasteiger partial charge is 0.490 e. The average molecular weight is 636 g/mol. The van der Waals surface area contributed by atoms with Crippen molar-refractivity contribution in [3.63, 3.8) is 0 Å². The highest BCUT2D eigenvalue weighted by molar-refractivity contribution is 6.55. The molecule has 0 bridgehead atoms. The van der Waals surface area contributed by atoms with Crippen molar-refractivity contribution in [2.24, 2.45) is 11.3 Å². The van der Waals surface area contributed by atoms with Crippen molar-refractivity contribution in [3.05, 3.63) is 46.5 Å². The predicted molar refractivity (Wildman–Crippen MR) is 185 cm³/mol. The molecule has 2 heterocycles. The lowest BCUT2D eigenvalue weighted by Gasteiger charge is -2.41. The summed E-state index contributed by atoms with van der Waals surface area (Å²) >= 11 is 0. The molecule has 0 spiro atoms. The maximum Gasteiger partial charge on any atom is 0.490 e. The van der Waals surface area contributed by atoms with Crippen LogP contribution in [0.4, 0.5) is 0 Å². The number of hydrazine groups is 1. The SMILES string of the molecule is CCCC(N(NC(=O)C1=CC=CC(B2OC(C)(C)C(C)(C)O2)C1C)C(=O)C1=CCCC(B2OC(C)(C)C(C)(C)O2)=C1C)C(C)(C)C. The summed E-state index contributed by atoms with van der Waals surface area (Å²) in [5.41, 5.74) is 3.92. The number of hydrogen-bond donors (Lipinski definition) is 1. The lowest BCUT2D eigenvalue weighted by Crippen LogP contribution is -2.57. The second-order valence-electron chi connectivity index (χ2n) is 16.7. The van der Waals surface area contributed by atoms with Crippen LogP contribution in [0.15, 0.2) is 46.5 Å². The molecule has 0 aromatic carbocycles. The van der Waals surface area contributed by atoms with Crippen LogP contribution in [0, 0.1) is 11.3 Å². The highest BCUT2D eigenvalue weighted by atomic mass is 16.7. The van der Waals surface area contributed by atoms with E-state index in [1.54, 1.807) is 5.01 Å². The molecular weight excluding hydrogens is 578 g/mol. The summed E-state index contributed by atoms with van der Waals surface area (Å²) in [6.07, 6.45) is 10.8. The quantitative estimate of drug-likeness (QED) is 0.233. The Morgan fingerprint density at radius 2 is 1.52 bits per heavy atom. The first kappa shape index (κ1) is 36.7. The van der Waals surface area contributed by atoms with Crippen LogP contribution in [0.2, 0.25) is 5.82 Å². The van der Waals surface area contributed by atoms with Gasteiger partial charge < -0.3 is 18.6 Å². The van der Waals surface area contributed by atoms with Crippen molar-refractivity contribution >= 4 is 26.1 Å². The summed E-state index contributed by atoms with van der Waals surface area (Å²) < 4.78 is 25.6. The molecule has 46 heavy (non-hydrogen) atoms. The van der Waals surface area contributed by atoms with Gasteiger partial charge in [-0.2, -0.15) is 0 Å². The van der Waals surface area contributed by atoms with Crippen LogP contribution in [0.25, 0.3) is 0 Å². The van der Waals surface area contributed by atoms with Crippen molar-refractivity contribution in [2.45, 2.75) is 157 Å². The maximum atomic E-state index is 14.7. The molecule has 0 aromatic rings. The van der Waals surface area contributed by atoms with Crippen LogP contribution in [-0.4, -0.2) is 59.5 Å². The highest BCUT2D eigenvalue weighted by Crippen LogP contribution is 2.45. The monoisotopic (exact) mass is 636 g/mol. The minimum atomic E-state index is -0.523. The Morgan fingerprint density at radius 3 is 2.04 bits per heavy atom. The second kappa shape index (κ2) is 12.7. The number of rotatable bonds is 7. The third-order valence-electron chi connectivity index (χ3n) is 11.3. The van der Waals surface area contributed by atoms with Crippen molar-refractivity contribution in [1.29, 1.82) is 0 Å². The smallest absolute Gasteiger partial charge is 0.403 e. The van der Waals surface area contributed by atoms with E-state index in [4.69, 9.17) is 18.6 Å². The second-order valence-corrected chi connectivity index (χ2v) is 16.7. The van der Waals surface area contributed by atoms with Crippen molar-refractivity contribution in [3.8, 4) is 0 Å². The fraction of sp³-hybridized carbons (Fsp3) is 0.722. The molecular formula is C36H58B2N2O6. The van der Waals surface area contributed by atoms with Gasteiger partial charge in [0.2, 0.25) is 0 Å². The first-order valence-corrected chi connectivity index (χ1v) is 17.2. The molecule has 10 heteroatoms. The van der Waals surface area contributed by atoms with Gasteiger partial charge in [-0.3, -0.25) is 15.0 Å². The summed E-state index contributed by atoms with van der Waals surface area (Å²) in [5.74, 6) is -0.850. The summed E-state index contributed by atoms with van der Waals surface area (Å²) in [6.45, 7) is 28.7. The molecule has 2 fully saturated rings. The molecule has 2 saturated heterocycles. The zero-order valence-corrected chi connectivity index (χ0v) is 30.9. The van der Waals surface area contributed by atoms with Crippen LogP contribution in [0.5, 0.6) is 0 Å². The first-order chi connectivity index (χ1) is 21.0. The van der Waals surface area contributed by atoms with Crippen molar-refractivity contribution in [2.75, 3.05) is 0 Å². The molecule has 254 valence electrons. The van der Waals surface area contributed by atoms with Gasteiger partial charge in [-0.05, 0) is 104 Å². The van der Waals surface area contributed by atoms with Gasteiger partial charge in [0.05, 0.1) is 28.4 Å². The summed E-state index contributed by atoms with van der Waals surface area (Å²) in [4.78, 5) is 28.9. The number of nitrogens with zero attached hydrogens (tertiary/aromatic N) is 1. The topological polar surface area (TPSA) is 86.3 Å². The van der Waals surface area contributed by atoms with Gasteiger partial charge in [0.1, 0.15) is 0 Å². The van der Waals surface area contributed by atoms with E-state index in [9.17, 15) is 9.59 Å². The van der Waals surface area contributed by atoms with E-state index < -0.39 is 36.6 Å². The van der Waals surface area contributed by atoms with E-state index >= 15 is 0 Å². The van der Waals surface area contributed by atoms with Crippen LogP contribution >= 0.6 is 0 Å². The Morgan fingerprint density at radius 1 is 0.978 bits per heavy atom. The zero-order valence-electron chi connectivity index (χ0n) is 30.9. The lowest BCUT2D eigenvalue weighted by atomic mass is 9.62. The Hall–Kier alpha value is -2.13. The van der Waals surface area contributed by atoms with Gasteiger partial charge in [0.25, 0.3) is 11.8 Å². The van der Waals surface area contributed by atoms with E-state index in [0.29, 0.717) is 17.6 Å². The summed E-state index contributed by atoms with van der Waals surface area (Å²) in [5, 5.41) is 1.60. The Kier molecular flexibility index (Phi) is 10.1. The molecule has 4 aliphatic rings. The number of allylic oxidation sites excluding steroid dienone is 5. The molecule has 2 aliphatic heterocycles. The van der Waals surface area contributed by atoms with Crippen LogP contribution in [0.1, 0.15) is 123 Å². The maximum absolute atomic E-state index is 14.7. The van der Waals surface area contributed by atoms with E-state index in [2.05, 4.69) is 39.2 Å². The normalized spacial score (nSPS) is 27.3. The standard InChI is InChI=1S/C36H58B2N2O6/c1-15-18-29(32(4,5)6)40(31(42)26-20-17-22-28(24(26)3)38-45-35(11,12)36(13,14)46-38)39-30(41)25-19-16-21-27(23(25)2)37-43-33(7,8)34(9,10)44-37/h16,19-21,23,27,29H,15,17-18,22H2,1-14H3,(H,39,41). The third-order valence-corrected chi connectivity index (χ3v) is 11.3. The van der Waals surface area contributed by atoms with Gasteiger partial charge >= 0.3 is 14.2 Å². The first-order valence-electron chi connectivity index (χ1n) is 17.2. The third kappa shape index (κ3) is 6.87. The number of carbonyl (C=O) groups is 2. The number of hydrogen-bond acceptors (Lipinski definition) is 6. The molecule has 0 aromatic heterocycles. The van der Waals surface area contributed by atoms with Gasteiger partial charge in [-0.15, -0.1) is 0 Å². The minimum absolute atomic E-state index is 0.154. The van der Waals surface area contributed by atoms with E-state index in [-0.39, 0.29) is 35.0 Å². The molecule has 4 rings (SSSR count). The summed E-state index contributed by atoms with van der Waals surface area (Å²) in [7, 11) is -1.01. The predicted octanol–water partition coefficient (Wildman–Crippen LogP) is 7.32. The Balaban J connectivity index is 1.63. The fourth-order valence-electron chi connectivity index (χ4n) is 6.68. The zero-order chi connectivity index (χ0) is 34.6. The van der Waals surface area contributed by atoms with Crippen LogP contribution in [0.3, 0.4) is 0 Å². The number of carbonyl (C=O) groups excluding carboxylic acids is 2. The van der Waals surface area contributed by atoms with E-state index in [1.807, 2.05) is 87.5 Å². The van der Waals surface area contributed by atoms with E-state index in [1.165, 1.54) is 0 Å². The molecule has 2 amide bonds. The van der Waals surface area contributed by atoms with Gasteiger partial charge in [0, 0.05) is 17.0 Å². The number of amides is 2. The number of nitrogens with one attached hydrogen (secondary N) is 1. The molecule has 3 atom stereocenters. The van der Waals surface area contributed by atoms with Crippen molar-refractivity contribution in [1.82, 2.24) is 10.4 Å². The Bertz CT molecular complexity index is 1300. The molecule has 0 saturated carbocycles. The van der Waals surface area contributed by atoms with Gasteiger partial charge in [-0.1, -0.05) is 65.3 Å². The molecule has 2 aliphatic carbocycles. The Labute approximate surface area is 279 Å². The lowest BCUT2D eigenvalue weighted by molar-refractivity contribution is -0.143. The average Bonchev–Trinajstić information content (AvgIpc) is 3.28.